The van der Waals surface area contributed by atoms with Crippen molar-refractivity contribution in [1.29, 1.82) is 0 Å². The number of hydrogen-bond donors (Lipinski definition) is 3. The van der Waals surface area contributed by atoms with Crippen molar-refractivity contribution < 1.29 is 14.6 Å². The van der Waals surface area contributed by atoms with E-state index in [1.165, 1.54) is 0 Å². The number of anilines is 1. The summed E-state index contributed by atoms with van der Waals surface area (Å²) in [5, 5.41) is 14.8. The van der Waals surface area contributed by atoms with Gasteiger partial charge in [-0.3, -0.25) is 4.79 Å². The first kappa shape index (κ1) is 15.9. The van der Waals surface area contributed by atoms with E-state index in [-0.39, 0.29) is 19.1 Å². The predicted octanol–water partition coefficient (Wildman–Crippen LogP) is 1.27. The minimum atomic E-state index is -0.112. The van der Waals surface area contributed by atoms with Gasteiger partial charge in [0.2, 0.25) is 5.91 Å². The molecule has 0 fully saturated rings. The number of hydrogen-bond acceptors (Lipinski definition) is 4. The topological polar surface area (TPSA) is 70.6 Å². The normalized spacial score (nSPS) is 10.4. The Hall–Kier alpha value is -1.14. The van der Waals surface area contributed by atoms with Crippen LogP contribution in [0.2, 0.25) is 5.02 Å². The number of aliphatic hydroxyl groups excluding tert-OH is 1. The highest BCUT2D eigenvalue weighted by Crippen LogP contribution is 2.14. The van der Waals surface area contributed by atoms with Gasteiger partial charge in [-0.05, 0) is 31.2 Å². The number of aliphatic hydroxyl groups is 1. The van der Waals surface area contributed by atoms with Crippen LogP contribution in [0, 0.1) is 0 Å². The van der Waals surface area contributed by atoms with Gasteiger partial charge in [0, 0.05) is 17.3 Å². The van der Waals surface area contributed by atoms with E-state index in [1.54, 1.807) is 24.3 Å². The standard InChI is InChI=1S/C13H19ClN2O3/c14-11-3-1-4-12(9-11)16-13(18)10-15-5-2-7-19-8-6-17/h1,3-4,9,15,17H,2,5-8,10H2,(H,16,18). The third kappa shape index (κ3) is 7.79. The van der Waals surface area contributed by atoms with Gasteiger partial charge in [0.15, 0.2) is 0 Å². The molecule has 0 radical (unpaired) electrons. The summed E-state index contributed by atoms with van der Waals surface area (Å²) in [4.78, 5) is 11.6. The number of halogens is 1. The highest BCUT2D eigenvalue weighted by molar-refractivity contribution is 6.30. The Balaban J connectivity index is 2.08. The third-order valence-electron chi connectivity index (χ3n) is 2.27. The Morgan fingerprint density at radius 2 is 2.21 bits per heavy atom. The van der Waals surface area contributed by atoms with Gasteiger partial charge < -0.3 is 20.5 Å². The molecule has 0 aliphatic carbocycles. The highest BCUT2D eigenvalue weighted by Gasteiger charge is 2.01. The molecule has 1 aromatic carbocycles. The van der Waals surface area contributed by atoms with Gasteiger partial charge in [-0.25, -0.2) is 0 Å². The summed E-state index contributed by atoms with van der Waals surface area (Å²) in [6.45, 7) is 1.90. The van der Waals surface area contributed by atoms with Crippen LogP contribution in [0.1, 0.15) is 6.42 Å². The Labute approximate surface area is 117 Å². The van der Waals surface area contributed by atoms with Crippen LogP contribution < -0.4 is 10.6 Å². The van der Waals surface area contributed by atoms with Crippen LogP contribution in [0.5, 0.6) is 0 Å². The second-order valence-electron chi connectivity index (χ2n) is 3.92. The highest BCUT2D eigenvalue weighted by atomic mass is 35.5. The van der Waals surface area contributed by atoms with Crippen LogP contribution in [0.25, 0.3) is 0 Å². The lowest BCUT2D eigenvalue weighted by Gasteiger charge is -2.07. The molecule has 6 heteroatoms. The lowest BCUT2D eigenvalue weighted by Crippen LogP contribution is -2.29. The molecule has 0 spiro atoms. The van der Waals surface area contributed by atoms with E-state index in [9.17, 15) is 4.79 Å². The molecule has 5 nitrogen and oxygen atoms in total. The molecule has 0 saturated carbocycles. The fraction of sp³-hybridized carbons (Fsp3) is 0.462. The summed E-state index contributed by atoms with van der Waals surface area (Å²) in [5.41, 5.74) is 0.686. The molecule has 0 atom stereocenters. The van der Waals surface area contributed by atoms with Crippen molar-refractivity contribution in [2.24, 2.45) is 0 Å². The molecular weight excluding hydrogens is 268 g/mol. The van der Waals surface area contributed by atoms with E-state index in [2.05, 4.69) is 10.6 Å². The van der Waals surface area contributed by atoms with Crippen molar-refractivity contribution in [2.45, 2.75) is 6.42 Å². The van der Waals surface area contributed by atoms with E-state index < -0.39 is 0 Å². The quantitative estimate of drug-likeness (QED) is 0.598. The largest absolute Gasteiger partial charge is 0.394 e. The molecule has 3 N–H and O–H groups in total. The van der Waals surface area contributed by atoms with E-state index in [4.69, 9.17) is 21.4 Å². The maximum absolute atomic E-state index is 11.6. The van der Waals surface area contributed by atoms with Crippen LogP contribution in [0.4, 0.5) is 5.69 Å². The van der Waals surface area contributed by atoms with Gasteiger partial charge in [0.1, 0.15) is 0 Å². The minimum absolute atomic E-state index is 0.0372. The first-order chi connectivity index (χ1) is 9.22. The SMILES string of the molecule is O=C(CNCCCOCCO)Nc1cccc(Cl)c1. The Morgan fingerprint density at radius 3 is 2.95 bits per heavy atom. The number of amides is 1. The van der Waals surface area contributed by atoms with Crippen molar-refractivity contribution in [1.82, 2.24) is 5.32 Å². The number of ether oxygens (including phenoxy) is 1. The third-order valence-corrected chi connectivity index (χ3v) is 2.51. The molecule has 0 aromatic heterocycles. The number of carbonyl (C=O) groups excluding carboxylic acids is 1. The van der Waals surface area contributed by atoms with Crippen LogP contribution in [-0.4, -0.2) is 43.9 Å². The second-order valence-corrected chi connectivity index (χ2v) is 4.36. The molecule has 0 unspecified atom stereocenters. The van der Waals surface area contributed by atoms with Crippen LogP contribution in [0.15, 0.2) is 24.3 Å². The first-order valence-corrected chi connectivity index (χ1v) is 6.55. The number of nitrogens with one attached hydrogen (secondary N) is 2. The van der Waals surface area contributed by atoms with Gasteiger partial charge in [0.05, 0.1) is 19.8 Å². The second kappa shape index (κ2) is 9.75. The average Bonchev–Trinajstić information content (AvgIpc) is 2.37. The van der Waals surface area contributed by atoms with Crippen molar-refractivity contribution in [3.05, 3.63) is 29.3 Å². The molecule has 0 heterocycles. The summed E-state index contributed by atoms with van der Waals surface area (Å²) >= 11 is 5.82. The average molecular weight is 287 g/mol. The van der Waals surface area contributed by atoms with Crippen LogP contribution >= 0.6 is 11.6 Å². The van der Waals surface area contributed by atoms with Gasteiger partial charge in [-0.2, -0.15) is 0 Å². The predicted molar refractivity (Wildman–Crippen MR) is 75.5 cm³/mol. The zero-order valence-corrected chi connectivity index (χ0v) is 11.4. The maximum Gasteiger partial charge on any atom is 0.238 e. The van der Waals surface area contributed by atoms with Gasteiger partial charge in [-0.1, -0.05) is 17.7 Å². The summed E-state index contributed by atoms with van der Waals surface area (Å²) in [5.74, 6) is -0.112. The summed E-state index contributed by atoms with van der Waals surface area (Å²) in [7, 11) is 0. The molecule has 1 amide bonds. The molecule has 1 aromatic rings. The fourth-order valence-corrected chi connectivity index (χ4v) is 1.63. The molecule has 0 bridgehead atoms. The number of rotatable bonds is 9. The Morgan fingerprint density at radius 1 is 1.37 bits per heavy atom. The van der Waals surface area contributed by atoms with E-state index in [0.29, 0.717) is 30.5 Å². The van der Waals surface area contributed by atoms with Gasteiger partial charge >= 0.3 is 0 Å². The lowest BCUT2D eigenvalue weighted by molar-refractivity contribution is -0.115. The summed E-state index contributed by atoms with van der Waals surface area (Å²) in [6.07, 6.45) is 0.796. The van der Waals surface area contributed by atoms with Gasteiger partial charge in [0.25, 0.3) is 0 Å². The van der Waals surface area contributed by atoms with Crippen molar-refractivity contribution in [3.8, 4) is 0 Å². The molecular formula is C13H19ClN2O3. The molecule has 0 aliphatic heterocycles. The molecule has 106 valence electrons. The van der Waals surface area contributed by atoms with Crippen molar-refractivity contribution in [2.75, 3.05) is 38.2 Å². The lowest BCUT2D eigenvalue weighted by atomic mass is 10.3. The van der Waals surface area contributed by atoms with Crippen LogP contribution in [-0.2, 0) is 9.53 Å². The summed E-state index contributed by atoms with van der Waals surface area (Å²) < 4.78 is 5.09. The molecule has 0 aliphatic rings. The monoisotopic (exact) mass is 286 g/mol. The van der Waals surface area contributed by atoms with Crippen molar-refractivity contribution in [3.63, 3.8) is 0 Å². The molecule has 0 saturated heterocycles. The smallest absolute Gasteiger partial charge is 0.238 e. The molecule has 1 rings (SSSR count). The zero-order chi connectivity index (χ0) is 13.9. The zero-order valence-electron chi connectivity index (χ0n) is 10.7. The van der Waals surface area contributed by atoms with E-state index in [1.807, 2.05) is 0 Å². The van der Waals surface area contributed by atoms with Gasteiger partial charge in [-0.15, -0.1) is 0 Å². The van der Waals surface area contributed by atoms with Crippen molar-refractivity contribution >= 4 is 23.2 Å². The van der Waals surface area contributed by atoms with Crippen LogP contribution in [0.3, 0.4) is 0 Å². The number of benzene rings is 1. The summed E-state index contributed by atoms with van der Waals surface area (Å²) in [6, 6.07) is 7.01. The maximum atomic E-state index is 11.6. The molecule has 19 heavy (non-hydrogen) atoms. The number of carbonyl (C=O) groups is 1. The first-order valence-electron chi connectivity index (χ1n) is 6.17. The minimum Gasteiger partial charge on any atom is -0.394 e. The Kier molecular flexibility index (Phi) is 8.16. The van der Waals surface area contributed by atoms with E-state index in [0.717, 1.165) is 6.42 Å². The Bertz CT molecular complexity index is 388. The van der Waals surface area contributed by atoms with E-state index >= 15 is 0 Å². The fourth-order valence-electron chi connectivity index (χ4n) is 1.44.